The highest BCUT2D eigenvalue weighted by atomic mass is 16.1. The Morgan fingerprint density at radius 3 is 2.80 bits per heavy atom. The Morgan fingerprint density at radius 1 is 1.30 bits per heavy atom. The fourth-order valence-electron chi connectivity index (χ4n) is 3.31. The maximum atomic E-state index is 11.4. The predicted octanol–water partition coefficient (Wildman–Crippen LogP) is 3.15. The molecule has 1 aromatic carbocycles. The molecule has 4 heteroatoms. The summed E-state index contributed by atoms with van der Waals surface area (Å²) in [5.41, 5.74) is 10.3. The number of nitrogen functional groups attached to an aromatic ring is 1. The molecule has 0 spiro atoms. The van der Waals surface area contributed by atoms with Crippen LogP contribution in [-0.2, 0) is 11.2 Å². The molecule has 1 amide bonds. The number of benzene rings is 1. The third-order valence-electron chi connectivity index (χ3n) is 4.69. The van der Waals surface area contributed by atoms with Crippen molar-refractivity contribution in [2.75, 3.05) is 22.9 Å². The maximum Gasteiger partial charge on any atom is 0.224 e. The number of amides is 1. The highest BCUT2D eigenvalue weighted by Crippen LogP contribution is 2.38. The lowest BCUT2D eigenvalue weighted by Crippen LogP contribution is -2.24. The third kappa shape index (κ3) is 2.60. The fraction of sp³-hybridized carbons (Fsp3) is 0.562. The van der Waals surface area contributed by atoms with Gasteiger partial charge in [-0.25, -0.2) is 0 Å². The summed E-state index contributed by atoms with van der Waals surface area (Å²) in [6.07, 6.45) is 6.62. The van der Waals surface area contributed by atoms with Crippen molar-refractivity contribution in [2.24, 2.45) is 5.41 Å². The van der Waals surface area contributed by atoms with Crippen molar-refractivity contribution in [2.45, 2.75) is 45.4 Å². The predicted molar refractivity (Wildman–Crippen MR) is 82.9 cm³/mol. The number of carbonyl (C=O) groups excluding carboxylic acids is 1. The average Bonchev–Trinajstić information content (AvgIpc) is 2.84. The minimum atomic E-state index is 0.0797. The molecule has 1 aliphatic carbocycles. The van der Waals surface area contributed by atoms with Gasteiger partial charge in [0.1, 0.15) is 0 Å². The summed E-state index contributed by atoms with van der Waals surface area (Å²) in [6.45, 7) is 3.32. The minimum Gasteiger partial charge on any atom is -0.397 e. The van der Waals surface area contributed by atoms with E-state index in [0.717, 1.165) is 24.3 Å². The quantitative estimate of drug-likeness (QED) is 0.741. The van der Waals surface area contributed by atoms with Gasteiger partial charge in [0, 0.05) is 18.7 Å². The van der Waals surface area contributed by atoms with Crippen molar-refractivity contribution in [3.8, 4) is 0 Å². The van der Waals surface area contributed by atoms with E-state index in [4.69, 9.17) is 5.73 Å². The lowest BCUT2D eigenvalue weighted by molar-refractivity contribution is -0.116. The molecular weight excluding hydrogens is 250 g/mol. The number of anilines is 3. The average molecular weight is 273 g/mol. The fourth-order valence-corrected chi connectivity index (χ4v) is 3.31. The molecule has 3 rings (SSSR count). The van der Waals surface area contributed by atoms with Crippen LogP contribution in [0.1, 0.15) is 44.6 Å². The van der Waals surface area contributed by atoms with E-state index in [2.05, 4.69) is 23.6 Å². The van der Waals surface area contributed by atoms with Crippen molar-refractivity contribution < 1.29 is 4.79 Å². The monoisotopic (exact) mass is 273 g/mol. The van der Waals surface area contributed by atoms with Crippen LogP contribution in [0.3, 0.4) is 0 Å². The lowest BCUT2D eigenvalue weighted by Gasteiger charge is -2.26. The number of nitrogens with two attached hydrogens (primary N) is 1. The molecule has 108 valence electrons. The number of fused-ring (bicyclic) bond motifs is 1. The van der Waals surface area contributed by atoms with Crippen LogP contribution < -0.4 is 16.4 Å². The van der Waals surface area contributed by atoms with Gasteiger partial charge in [0.15, 0.2) is 0 Å². The molecule has 1 aliphatic heterocycles. The molecule has 0 saturated heterocycles. The SMILES string of the molecule is CC1(CNc2cc3c(cc2N)NC(=O)CC3)CCCC1. The smallest absolute Gasteiger partial charge is 0.224 e. The second-order valence-electron chi connectivity index (χ2n) is 6.52. The molecule has 0 unspecified atom stereocenters. The minimum absolute atomic E-state index is 0.0797. The van der Waals surface area contributed by atoms with Gasteiger partial charge in [-0.1, -0.05) is 19.8 Å². The normalized spacial score (nSPS) is 20.4. The van der Waals surface area contributed by atoms with E-state index in [1.807, 2.05) is 6.07 Å². The Balaban J connectivity index is 1.75. The summed E-state index contributed by atoms with van der Waals surface area (Å²) < 4.78 is 0. The van der Waals surface area contributed by atoms with Gasteiger partial charge in [-0.15, -0.1) is 0 Å². The zero-order chi connectivity index (χ0) is 14.2. The van der Waals surface area contributed by atoms with E-state index in [9.17, 15) is 4.79 Å². The van der Waals surface area contributed by atoms with E-state index in [1.54, 1.807) is 0 Å². The maximum absolute atomic E-state index is 11.4. The van der Waals surface area contributed by atoms with Crippen LogP contribution in [0.5, 0.6) is 0 Å². The zero-order valence-electron chi connectivity index (χ0n) is 12.1. The Hall–Kier alpha value is -1.71. The van der Waals surface area contributed by atoms with Gasteiger partial charge >= 0.3 is 0 Å². The van der Waals surface area contributed by atoms with Gasteiger partial charge in [-0.05, 0) is 42.4 Å². The van der Waals surface area contributed by atoms with Crippen LogP contribution in [0.4, 0.5) is 17.1 Å². The summed E-state index contributed by atoms with van der Waals surface area (Å²) >= 11 is 0. The number of carbonyl (C=O) groups is 1. The van der Waals surface area contributed by atoms with Crippen LogP contribution >= 0.6 is 0 Å². The van der Waals surface area contributed by atoms with Crippen molar-refractivity contribution in [3.63, 3.8) is 0 Å². The van der Waals surface area contributed by atoms with Crippen LogP contribution in [0, 0.1) is 5.41 Å². The van der Waals surface area contributed by atoms with Gasteiger partial charge in [0.25, 0.3) is 0 Å². The van der Waals surface area contributed by atoms with Gasteiger partial charge in [0.2, 0.25) is 5.91 Å². The second-order valence-corrected chi connectivity index (χ2v) is 6.52. The molecule has 1 saturated carbocycles. The number of rotatable bonds is 3. The van der Waals surface area contributed by atoms with E-state index in [0.29, 0.717) is 17.5 Å². The first-order valence-corrected chi connectivity index (χ1v) is 7.52. The van der Waals surface area contributed by atoms with Crippen molar-refractivity contribution >= 4 is 23.0 Å². The van der Waals surface area contributed by atoms with E-state index in [1.165, 1.54) is 31.2 Å². The van der Waals surface area contributed by atoms with Gasteiger partial charge < -0.3 is 16.4 Å². The van der Waals surface area contributed by atoms with Crippen LogP contribution in [-0.4, -0.2) is 12.5 Å². The number of aryl methyl sites for hydroxylation is 1. The van der Waals surface area contributed by atoms with Crippen LogP contribution in [0.15, 0.2) is 12.1 Å². The topological polar surface area (TPSA) is 67.2 Å². The lowest BCUT2D eigenvalue weighted by atomic mass is 9.89. The van der Waals surface area contributed by atoms with Gasteiger partial charge in [0.05, 0.1) is 11.4 Å². The summed E-state index contributed by atoms with van der Waals surface area (Å²) in [5, 5.41) is 6.40. The number of hydrogen-bond acceptors (Lipinski definition) is 3. The Morgan fingerprint density at radius 2 is 2.05 bits per heavy atom. The highest BCUT2D eigenvalue weighted by molar-refractivity contribution is 5.95. The van der Waals surface area contributed by atoms with Crippen molar-refractivity contribution in [1.82, 2.24) is 0 Å². The highest BCUT2D eigenvalue weighted by Gasteiger charge is 2.28. The molecule has 0 aromatic heterocycles. The first kappa shape index (κ1) is 13.3. The molecule has 2 aliphatic rings. The zero-order valence-corrected chi connectivity index (χ0v) is 12.1. The molecule has 4 nitrogen and oxygen atoms in total. The molecule has 20 heavy (non-hydrogen) atoms. The molecule has 1 fully saturated rings. The van der Waals surface area contributed by atoms with Gasteiger partial charge in [-0.2, -0.15) is 0 Å². The van der Waals surface area contributed by atoms with E-state index >= 15 is 0 Å². The first-order valence-electron chi connectivity index (χ1n) is 7.52. The standard InChI is InChI=1S/C16H23N3O/c1-16(6-2-3-7-16)10-18-14-8-11-4-5-15(20)19-13(11)9-12(14)17/h8-9,18H,2-7,10,17H2,1H3,(H,19,20). The number of nitrogens with one attached hydrogen (secondary N) is 2. The van der Waals surface area contributed by atoms with Gasteiger partial charge in [-0.3, -0.25) is 4.79 Å². The molecule has 0 atom stereocenters. The van der Waals surface area contributed by atoms with E-state index in [-0.39, 0.29) is 5.91 Å². The molecule has 1 aromatic rings. The van der Waals surface area contributed by atoms with Crippen LogP contribution in [0.25, 0.3) is 0 Å². The Kier molecular flexibility index (Phi) is 3.32. The number of hydrogen-bond donors (Lipinski definition) is 3. The van der Waals surface area contributed by atoms with E-state index < -0.39 is 0 Å². The molecular formula is C16H23N3O. The summed E-state index contributed by atoms with van der Waals surface area (Å²) in [6, 6.07) is 3.98. The van der Waals surface area contributed by atoms with Crippen LogP contribution in [0.2, 0.25) is 0 Å². The Labute approximate surface area is 120 Å². The summed E-state index contributed by atoms with van der Waals surface area (Å²) in [5.74, 6) is 0.0797. The van der Waals surface area contributed by atoms with Crippen molar-refractivity contribution in [3.05, 3.63) is 17.7 Å². The first-order chi connectivity index (χ1) is 9.56. The molecule has 1 heterocycles. The molecule has 0 radical (unpaired) electrons. The summed E-state index contributed by atoms with van der Waals surface area (Å²) in [7, 11) is 0. The second kappa shape index (κ2) is 5.00. The molecule has 0 bridgehead atoms. The third-order valence-corrected chi connectivity index (χ3v) is 4.69. The summed E-state index contributed by atoms with van der Waals surface area (Å²) in [4.78, 5) is 11.4. The molecule has 4 N–H and O–H groups in total. The Bertz CT molecular complexity index is 533. The largest absolute Gasteiger partial charge is 0.397 e. The van der Waals surface area contributed by atoms with Crippen molar-refractivity contribution in [1.29, 1.82) is 0 Å².